The topological polar surface area (TPSA) is 24.1 Å². The molecule has 1 heterocycles. The van der Waals surface area contributed by atoms with Gasteiger partial charge in [0.2, 0.25) is 0 Å². The lowest BCUT2D eigenvalue weighted by molar-refractivity contribution is 0.199. The maximum atomic E-state index is 3.31. The minimum absolute atomic E-state index is 0.396. The van der Waals surface area contributed by atoms with Gasteiger partial charge in [0.1, 0.15) is 0 Å². The van der Waals surface area contributed by atoms with Crippen LogP contribution in [0.15, 0.2) is 0 Å². The van der Waals surface area contributed by atoms with Crippen molar-refractivity contribution in [3.8, 4) is 0 Å². The van der Waals surface area contributed by atoms with E-state index in [0.717, 1.165) is 6.54 Å². The summed E-state index contributed by atoms with van der Waals surface area (Å²) in [5, 5.41) is 0. The average molecular weight is 142 g/mol. The number of hydrogen-bond acceptors (Lipinski definition) is 2. The Hall–Kier alpha value is -0.0800. The molecule has 1 atom stereocenters. The summed E-state index contributed by atoms with van der Waals surface area (Å²) >= 11 is 0. The molecule has 0 aromatic rings. The highest BCUT2D eigenvalue weighted by atomic mass is 15.4. The van der Waals surface area contributed by atoms with Gasteiger partial charge in [0.15, 0.2) is 0 Å². The fourth-order valence-electron chi connectivity index (χ4n) is 1.31. The largest absolute Gasteiger partial charge is 0.258 e. The first-order valence-electron chi connectivity index (χ1n) is 4.09. The highest BCUT2D eigenvalue weighted by molar-refractivity contribution is 4.81. The summed E-state index contributed by atoms with van der Waals surface area (Å²) in [6, 6.07) is 0.640. The van der Waals surface area contributed by atoms with E-state index in [1.807, 2.05) is 0 Å². The van der Waals surface area contributed by atoms with Gasteiger partial charge in [0, 0.05) is 12.6 Å². The van der Waals surface area contributed by atoms with Crippen LogP contribution in [-0.2, 0) is 0 Å². The Bertz CT molecular complexity index is 98.3. The molecule has 1 saturated heterocycles. The average Bonchev–Trinajstić information content (AvgIpc) is 1.88. The van der Waals surface area contributed by atoms with Crippen molar-refractivity contribution in [2.45, 2.75) is 39.7 Å². The monoisotopic (exact) mass is 142 g/mol. The van der Waals surface area contributed by atoms with Crippen molar-refractivity contribution >= 4 is 0 Å². The van der Waals surface area contributed by atoms with Crippen LogP contribution in [0.5, 0.6) is 0 Å². The second-order valence-corrected chi connectivity index (χ2v) is 4.13. The van der Waals surface area contributed by atoms with Gasteiger partial charge in [-0.1, -0.05) is 20.8 Å². The van der Waals surface area contributed by atoms with Crippen LogP contribution in [0.3, 0.4) is 0 Å². The third-order valence-electron chi connectivity index (χ3n) is 2.12. The Kier molecular flexibility index (Phi) is 2.32. The summed E-state index contributed by atoms with van der Waals surface area (Å²) in [7, 11) is 0. The molecule has 2 heteroatoms. The molecule has 0 aliphatic carbocycles. The molecule has 2 N–H and O–H groups in total. The first kappa shape index (κ1) is 8.02. The van der Waals surface area contributed by atoms with Crippen LogP contribution < -0.4 is 10.9 Å². The van der Waals surface area contributed by atoms with Gasteiger partial charge in [-0.15, -0.1) is 0 Å². The van der Waals surface area contributed by atoms with E-state index in [1.54, 1.807) is 0 Å². The predicted molar refractivity (Wildman–Crippen MR) is 43.6 cm³/mol. The van der Waals surface area contributed by atoms with E-state index >= 15 is 0 Å². The number of nitrogens with one attached hydrogen (secondary N) is 2. The van der Waals surface area contributed by atoms with Crippen molar-refractivity contribution in [2.75, 3.05) is 6.54 Å². The van der Waals surface area contributed by atoms with E-state index in [9.17, 15) is 0 Å². The molecule has 2 nitrogen and oxygen atoms in total. The molecule has 1 unspecified atom stereocenters. The van der Waals surface area contributed by atoms with E-state index in [4.69, 9.17) is 0 Å². The van der Waals surface area contributed by atoms with Crippen LogP contribution in [0, 0.1) is 5.41 Å². The molecule has 0 aromatic heterocycles. The molecule has 1 aliphatic heterocycles. The minimum atomic E-state index is 0.396. The van der Waals surface area contributed by atoms with Gasteiger partial charge in [0.25, 0.3) is 0 Å². The van der Waals surface area contributed by atoms with Crippen LogP contribution in [0.25, 0.3) is 0 Å². The van der Waals surface area contributed by atoms with Gasteiger partial charge in [-0.05, 0) is 18.3 Å². The second-order valence-electron chi connectivity index (χ2n) is 4.13. The van der Waals surface area contributed by atoms with Gasteiger partial charge in [-0.25, -0.2) is 0 Å². The van der Waals surface area contributed by atoms with E-state index in [-0.39, 0.29) is 0 Å². The van der Waals surface area contributed by atoms with E-state index < -0.39 is 0 Å². The van der Waals surface area contributed by atoms with E-state index in [2.05, 4.69) is 31.6 Å². The fraction of sp³-hybridized carbons (Fsp3) is 1.00. The molecule has 10 heavy (non-hydrogen) atoms. The molecule has 0 radical (unpaired) electrons. The van der Waals surface area contributed by atoms with Crippen molar-refractivity contribution in [1.82, 2.24) is 10.9 Å². The number of rotatable bonds is 0. The zero-order valence-electron chi connectivity index (χ0n) is 7.20. The molecule has 1 fully saturated rings. The summed E-state index contributed by atoms with van der Waals surface area (Å²) in [5.74, 6) is 0. The summed E-state index contributed by atoms with van der Waals surface area (Å²) in [4.78, 5) is 0. The van der Waals surface area contributed by atoms with Gasteiger partial charge in [-0.2, -0.15) is 0 Å². The predicted octanol–water partition coefficient (Wildman–Crippen LogP) is 1.29. The van der Waals surface area contributed by atoms with Crippen molar-refractivity contribution in [1.29, 1.82) is 0 Å². The van der Waals surface area contributed by atoms with Crippen LogP contribution in [0.4, 0.5) is 0 Å². The zero-order valence-corrected chi connectivity index (χ0v) is 7.20. The van der Waals surface area contributed by atoms with Crippen LogP contribution in [0.1, 0.15) is 33.6 Å². The van der Waals surface area contributed by atoms with Gasteiger partial charge in [-0.3, -0.25) is 10.9 Å². The third-order valence-corrected chi connectivity index (χ3v) is 2.12. The molecule has 60 valence electrons. The molecule has 0 amide bonds. The van der Waals surface area contributed by atoms with Crippen LogP contribution in [-0.4, -0.2) is 12.6 Å². The Morgan fingerprint density at radius 3 is 2.30 bits per heavy atom. The molecular weight excluding hydrogens is 124 g/mol. The molecule has 1 rings (SSSR count). The maximum Gasteiger partial charge on any atom is 0.0261 e. The molecule has 0 bridgehead atoms. The Labute approximate surface area is 63.4 Å². The SMILES string of the molecule is CC(C)(C)C1CCCNN1. The van der Waals surface area contributed by atoms with Crippen molar-refractivity contribution in [3.05, 3.63) is 0 Å². The van der Waals surface area contributed by atoms with E-state index in [1.165, 1.54) is 12.8 Å². The summed E-state index contributed by atoms with van der Waals surface area (Å²) in [6.07, 6.45) is 2.60. The van der Waals surface area contributed by atoms with Crippen molar-refractivity contribution in [3.63, 3.8) is 0 Å². The molecule has 0 spiro atoms. The van der Waals surface area contributed by atoms with Gasteiger partial charge < -0.3 is 0 Å². The van der Waals surface area contributed by atoms with E-state index in [0.29, 0.717) is 11.5 Å². The normalized spacial score (nSPS) is 28.5. The lowest BCUT2D eigenvalue weighted by atomic mass is 9.84. The standard InChI is InChI=1S/C8H18N2/c1-8(2,3)7-5-4-6-9-10-7/h7,9-10H,4-6H2,1-3H3. The summed E-state index contributed by atoms with van der Waals surface area (Å²) < 4.78 is 0. The first-order valence-corrected chi connectivity index (χ1v) is 4.09. The van der Waals surface area contributed by atoms with Crippen LogP contribution >= 0.6 is 0 Å². The Morgan fingerprint density at radius 2 is 2.00 bits per heavy atom. The molecule has 0 saturated carbocycles. The second kappa shape index (κ2) is 2.89. The van der Waals surface area contributed by atoms with Crippen molar-refractivity contribution < 1.29 is 0 Å². The zero-order chi connectivity index (χ0) is 7.61. The summed E-state index contributed by atoms with van der Waals surface area (Å²) in [5.41, 5.74) is 6.90. The van der Waals surface area contributed by atoms with Gasteiger partial charge >= 0.3 is 0 Å². The number of hydrogen-bond donors (Lipinski definition) is 2. The highest BCUT2D eigenvalue weighted by Crippen LogP contribution is 2.23. The fourth-order valence-corrected chi connectivity index (χ4v) is 1.31. The quantitative estimate of drug-likeness (QED) is 0.532. The van der Waals surface area contributed by atoms with Gasteiger partial charge in [0.05, 0.1) is 0 Å². The smallest absolute Gasteiger partial charge is 0.0261 e. The minimum Gasteiger partial charge on any atom is -0.258 e. The Morgan fingerprint density at radius 1 is 1.30 bits per heavy atom. The maximum absolute atomic E-state index is 3.31. The molecule has 1 aliphatic rings. The molecular formula is C8H18N2. The highest BCUT2D eigenvalue weighted by Gasteiger charge is 2.25. The lowest BCUT2D eigenvalue weighted by Crippen LogP contribution is -2.51. The molecule has 0 aromatic carbocycles. The Balaban J connectivity index is 2.39. The lowest BCUT2D eigenvalue weighted by Gasteiger charge is -2.34. The van der Waals surface area contributed by atoms with Crippen molar-refractivity contribution in [2.24, 2.45) is 5.41 Å². The first-order chi connectivity index (χ1) is 4.61. The number of hydrazine groups is 1. The summed E-state index contributed by atoms with van der Waals surface area (Å²) in [6.45, 7) is 7.94. The third kappa shape index (κ3) is 1.96. The van der Waals surface area contributed by atoms with Crippen LogP contribution in [0.2, 0.25) is 0 Å².